The van der Waals surface area contributed by atoms with Crippen molar-refractivity contribution < 1.29 is 13.9 Å². The molecule has 4 aliphatic rings. The molecule has 0 bridgehead atoms. The molecule has 0 amide bonds. The second kappa shape index (κ2) is 12.0. The lowest BCUT2D eigenvalue weighted by Gasteiger charge is -2.58. The summed E-state index contributed by atoms with van der Waals surface area (Å²) in [6.45, 7) is 11.5. The normalized spacial score (nSPS) is 39.8. The highest BCUT2D eigenvalue weighted by molar-refractivity contribution is 5.26. The Kier molecular flexibility index (Phi) is 9.90. The first kappa shape index (κ1) is 27.2. The number of fused-ring (bicyclic) bond motifs is 5. The SMILES string of the molecule is CC.COCOC1CCC2(CF)C(=CCC3C2CCC2(C)C(CCCCC(C)C)CCC32)C1. The second-order valence-corrected chi connectivity index (χ2v) is 12.1. The molecular weight excluding hydrogens is 411 g/mol. The molecule has 0 aliphatic heterocycles. The number of hydrogen-bond donors (Lipinski definition) is 0. The summed E-state index contributed by atoms with van der Waals surface area (Å²) in [5.74, 6) is 3.80. The quantitative estimate of drug-likeness (QED) is 0.193. The van der Waals surface area contributed by atoms with Crippen LogP contribution in [-0.4, -0.2) is 26.7 Å². The maximum atomic E-state index is 14.8. The lowest BCUT2D eigenvalue weighted by molar-refractivity contribution is -0.104. The molecule has 4 aliphatic carbocycles. The fourth-order valence-electron chi connectivity index (χ4n) is 8.51. The molecule has 2 nitrogen and oxygen atoms in total. The molecule has 0 saturated heterocycles. The van der Waals surface area contributed by atoms with Crippen molar-refractivity contribution in [2.75, 3.05) is 20.6 Å². The Labute approximate surface area is 204 Å². The van der Waals surface area contributed by atoms with Crippen LogP contribution >= 0.6 is 0 Å². The van der Waals surface area contributed by atoms with E-state index in [4.69, 9.17) is 9.47 Å². The van der Waals surface area contributed by atoms with Gasteiger partial charge in [-0.2, -0.15) is 0 Å². The third-order valence-electron chi connectivity index (χ3n) is 10.2. The van der Waals surface area contributed by atoms with Gasteiger partial charge in [0, 0.05) is 12.5 Å². The van der Waals surface area contributed by atoms with Crippen LogP contribution in [0.2, 0.25) is 0 Å². The van der Waals surface area contributed by atoms with E-state index in [2.05, 4.69) is 26.8 Å². The lowest BCUT2D eigenvalue weighted by atomic mass is 9.47. The Hall–Kier alpha value is -0.410. The highest BCUT2D eigenvalue weighted by atomic mass is 19.1. The predicted octanol–water partition coefficient (Wildman–Crippen LogP) is 8.75. The average Bonchev–Trinajstić information content (AvgIpc) is 3.17. The lowest BCUT2D eigenvalue weighted by Crippen LogP contribution is -2.52. The zero-order chi connectivity index (χ0) is 24.1. The van der Waals surface area contributed by atoms with Crippen LogP contribution in [0.1, 0.15) is 112 Å². The molecule has 0 radical (unpaired) electrons. The van der Waals surface area contributed by atoms with E-state index < -0.39 is 0 Å². The molecule has 33 heavy (non-hydrogen) atoms. The summed E-state index contributed by atoms with van der Waals surface area (Å²) in [7, 11) is 1.68. The molecule has 7 unspecified atom stereocenters. The number of rotatable bonds is 9. The number of hydrogen-bond acceptors (Lipinski definition) is 2. The van der Waals surface area contributed by atoms with E-state index in [1.54, 1.807) is 7.11 Å². The number of alkyl halides is 1. The molecule has 7 atom stereocenters. The summed E-state index contributed by atoms with van der Waals surface area (Å²) in [5.41, 5.74) is 1.70. The van der Waals surface area contributed by atoms with Crippen molar-refractivity contribution in [1.29, 1.82) is 0 Å². The van der Waals surface area contributed by atoms with Crippen molar-refractivity contribution >= 4 is 0 Å². The highest BCUT2D eigenvalue weighted by Crippen LogP contribution is 2.67. The summed E-state index contributed by atoms with van der Waals surface area (Å²) < 4.78 is 25.8. The Morgan fingerprint density at radius 1 is 1.06 bits per heavy atom. The Balaban J connectivity index is 0.00000149. The summed E-state index contributed by atoms with van der Waals surface area (Å²) in [5, 5.41) is 0. The smallest absolute Gasteiger partial charge is 0.146 e. The van der Waals surface area contributed by atoms with Gasteiger partial charge in [0.2, 0.25) is 0 Å². The van der Waals surface area contributed by atoms with Crippen LogP contribution in [0.15, 0.2) is 11.6 Å². The van der Waals surface area contributed by atoms with Crippen molar-refractivity contribution in [2.45, 2.75) is 118 Å². The molecule has 0 heterocycles. The van der Waals surface area contributed by atoms with E-state index in [0.717, 1.165) is 37.0 Å². The van der Waals surface area contributed by atoms with E-state index >= 15 is 0 Å². The molecule has 3 saturated carbocycles. The van der Waals surface area contributed by atoms with Gasteiger partial charge in [0.05, 0.1) is 12.8 Å². The van der Waals surface area contributed by atoms with Gasteiger partial charge < -0.3 is 9.47 Å². The second-order valence-electron chi connectivity index (χ2n) is 12.1. The molecule has 3 heteroatoms. The van der Waals surface area contributed by atoms with E-state index in [1.165, 1.54) is 63.4 Å². The molecule has 0 N–H and O–H groups in total. The van der Waals surface area contributed by atoms with Crippen molar-refractivity contribution in [3.8, 4) is 0 Å². The maximum Gasteiger partial charge on any atom is 0.146 e. The van der Waals surface area contributed by atoms with E-state index in [-0.39, 0.29) is 18.2 Å². The monoisotopic (exact) mass is 464 g/mol. The van der Waals surface area contributed by atoms with Gasteiger partial charge in [-0.3, -0.25) is 4.39 Å². The zero-order valence-corrected chi connectivity index (χ0v) is 22.6. The van der Waals surface area contributed by atoms with Crippen molar-refractivity contribution in [1.82, 2.24) is 0 Å². The van der Waals surface area contributed by atoms with Crippen molar-refractivity contribution in [3.63, 3.8) is 0 Å². The van der Waals surface area contributed by atoms with Crippen LogP contribution < -0.4 is 0 Å². The largest absolute Gasteiger partial charge is 0.359 e. The minimum Gasteiger partial charge on any atom is -0.359 e. The Morgan fingerprint density at radius 2 is 1.85 bits per heavy atom. The van der Waals surface area contributed by atoms with E-state index in [0.29, 0.717) is 24.0 Å². The van der Waals surface area contributed by atoms with Gasteiger partial charge >= 0.3 is 0 Å². The summed E-state index contributed by atoms with van der Waals surface area (Å²) in [4.78, 5) is 0. The third-order valence-corrected chi connectivity index (χ3v) is 10.2. The first-order valence-electron chi connectivity index (χ1n) is 14.3. The fourth-order valence-corrected chi connectivity index (χ4v) is 8.51. The third kappa shape index (κ3) is 5.40. The molecule has 0 spiro atoms. The molecular formula is C30H53FO2. The Morgan fingerprint density at radius 3 is 2.55 bits per heavy atom. The number of methoxy groups -OCH3 is 1. The first-order chi connectivity index (χ1) is 15.9. The molecule has 0 aromatic heterocycles. The van der Waals surface area contributed by atoms with Gasteiger partial charge in [-0.25, -0.2) is 0 Å². The number of allylic oxidation sites excluding steroid dienone is 1. The van der Waals surface area contributed by atoms with Gasteiger partial charge in [0.25, 0.3) is 0 Å². The summed E-state index contributed by atoms with van der Waals surface area (Å²) >= 11 is 0. The van der Waals surface area contributed by atoms with Crippen molar-refractivity contribution in [3.05, 3.63) is 11.6 Å². The maximum absolute atomic E-state index is 14.8. The summed E-state index contributed by atoms with van der Waals surface area (Å²) in [6, 6.07) is 0. The first-order valence-corrected chi connectivity index (χ1v) is 14.3. The van der Waals surface area contributed by atoms with Crippen LogP contribution in [0.25, 0.3) is 0 Å². The van der Waals surface area contributed by atoms with E-state index in [9.17, 15) is 4.39 Å². The van der Waals surface area contributed by atoms with Crippen molar-refractivity contribution in [2.24, 2.45) is 40.4 Å². The van der Waals surface area contributed by atoms with Gasteiger partial charge in [0.1, 0.15) is 6.79 Å². The standard InChI is InChI=1S/C28H47FO2.C2H6/c1-20(2)7-5-6-8-21-10-12-25-24-11-9-22-17-23(31-19-30-4)13-16-28(22,18-29)26(24)14-15-27(21,25)3;1-2/h9,20-21,23-26H,5-8,10-19H2,1-4H3;1-2H3. The molecule has 192 valence electrons. The molecule has 3 fully saturated rings. The molecule has 0 aromatic carbocycles. The van der Waals surface area contributed by atoms with Crippen LogP contribution in [0.5, 0.6) is 0 Å². The topological polar surface area (TPSA) is 18.5 Å². The minimum absolute atomic E-state index is 0.168. The molecule has 0 aromatic rings. The van der Waals surface area contributed by atoms with Crippen LogP contribution in [0.4, 0.5) is 4.39 Å². The highest BCUT2D eigenvalue weighted by Gasteiger charge is 2.59. The van der Waals surface area contributed by atoms with Gasteiger partial charge in [0.15, 0.2) is 0 Å². The number of halogens is 1. The zero-order valence-electron chi connectivity index (χ0n) is 22.6. The minimum atomic E-state index is -0.188. The Bertz CT molecular complexity index is 631. The average molecular weight is 465 g/mol. The summed E-state index contributed by atoms with van der Waals surface area (Å²) in [6.07, 6.45) is 17.7. The molecule has 4 rings (SSSR count). The van der Waals surface area contributed by atoms with Gasteiger partial charge in [-0.05, 0) is 92.8 Å². The number of unbranched alkanes of at least 4 members (excludes halogenated alkanes) is 1. The van der Waals surface area contributed by atoms with E-state index in [1.807, 2.05) is 13.8 Å². The van der Waals surface area contributed by atoms with Crippen LogP contribution in [0.3, 0.4) is 0 Å². The van der Waals surface area contributed by atoms with Gasteiger partial charge in [-0.15, -0.1) is 0 Å². The van der Waals surface area contributed by atoms with Crippen LogP contribution in [-0.2, 0) is 9.47 Å². The number of ether oxygens (including phenoxy) is 2. The predicted molar refractivity (Wildman–Crippen MR) is 137 cm³/mol. The van der Waals surface area contributed by atoms with Crippen LogP contribution in [0, 0.1) is 40.4 Å². The fraction of sp³-hybridized carbons (Fsp3) is 0.933. The van der Waals surface area contributed by atoms with Gasteiger partial charge in [-0.1, -0.05) is 65.5 Å².